The van der Waals surface area contributed by atoms with Gasteiger partial charge >= 0.3 is 0 Å². The Labute approximate surface area is 147 Å². The molecule has 0 aliphatic heterocycles. The molecule has 5 nitrogen and oxygen atoms in total. The zero-order valence-corrected chi connectivity index (χ0v) is 14.9. The van der Waals surface area contributed by atoms with Crippen molar-refractivity contribution in [2.24, 2.45) is 0 Å². The third-order valence-electron chi connectivity index (χ3n) is 4.29. The molecule has 0 radical (unpaired) electrons. The lowest BCUT2D eigenvalue weighted by Gasteiger charge is -2.12. The minimum Gasteiger partial charge on any atom is -0.497 e. The SMILES string of the molecule is COc1ccc(OC)c(NC(=O)Cc2c(C)[nH]c3ccc(C)cc23)c1. The fourth-order valence-corrected chi connectivity index (χ4v) is 2.99. The molecule has 0 saturated carbocycles. The Bertz CT molecular complexity index is 928. The summed E-state index contributed by atoms with van der Waals surface area (Å²) in [5.41, 5.74) is 4.83. The number of hydrogen-bond acceptors (Lipinski definition) is 3. The topological polar surface area (TPSA) is 63.4 Å². The first kappa shape index (κ1) is 16.9. The highest BCUT2D eigenvalue weighted by Gasteiger charge is 2.15. The number of rotatable bonds is 5. The van der Waals surface area contributed by atoms with Gasteiger partial charge in [0.25, 0.3) is 0 Å². The van der Waals surface area contributed by atoms with E-state index in [2.05, 4.69) is 22.4 Å². The van der Waals surface area contributed by atoms with Crippen molar-refractivity contribution in [3.05, 3.63) is 53.2 Å². The Morgan fingerprint density at radius 2 is 1.88 bits per heavy atom. The fraction of sp³-hybridized carbons (Fsp3) is 0.250. The summed E-state index contributed by atoms with van der Waals surface area (Å²) < 4.78 is 10.5. The second-order valence-corrected chi connectivity index (χ2v) is 6.07. The number of hydrogen-bond donors (Lipinski definition) is 2. The first-order chi connectivity index (χ1) is 12.0. The van der Waals surface area contributed by atoms with Gasteiger partial charge in [-0.3, -0.25) is 4.79 Å². The molecule has 5 heteroatoms. The molecule has 3 aromatic rings. The number of carbonyl (C=O) groups is 1. The number of aromatic amines is 1. The summed E-state index contributed by atoms with van der Waals surface area (Å²) in [7, 11) is 3.16. The van der Waals surface area contributed by atoms with E-state index in [-0.39, 0.29) is 12.3 Å². The van der Waals surface area contributed by atoms with Crippen LogP contribution in [0.2, 0.25) is 0 Å². The number of ether oxygens (including phenoxy) is 2. The minimum absolute atomic E-state index is 0.0999. The van der Waals surface area contributed by atoms with Crippen LogP contribution in [0.5, 0.6) is 11.5 Å². The van der Waals surface area contributed by atoms with Gasteiger partial charge < -0.3 is 19.8 Å². The quantitative estimate of drug-likeness (QED) is 0.739. The van der Waals surface area contributed by atoms with Crippen molar-refractivity contribution in [2.75, 3.05) is 19.5 Å². The molecule has 1 amide bonds. The maximum absolute atomic E-state index is 12.6. The number of amides is 1. The van der Waals surface area contributed by atoms with Crippen molar-refractivity contribution in [1.29, 1.82) is 0 Å². The average molecular weight is 338 g/mol. The Hall–Kier alpha value is -2.95. The molecule has 25 heavy (non-hydrogen) atoms. The highest BCUT2D eigenvalue weighted by atomic mass is 16.5. The maximum Gasteiger partial charge on any atom is 0.228 e. The lowest BCUT2D eigenvalue weighted by molar-refractivity contribution is -0.115. The smallest absolute Gasteiger partial charge is 0.228 e. The number of anilines is 1. The van der Waals surface area contributed by atoms with Crippen LogP contribution in [0.15, 0.2) is 36.4 Å². The summed E-state index contributed by atoms with van der Waals surface area (Å²) in [5.74, 6) is 1.16. The summed E-state index contributed by atoms with van der Waals surface area (Å²) in [6.45, 7) is 4.04. The number of fused-ring (bicyclic) bond motifs is 1. The molecule has 0 unspecified atom stereocenters. The van der Waals surface area contributed by atoms with Crippen molar-refractivity contribution in [1.82, 2.24) is 4.98 Å². The third-order valence-corrected chi connectivity index (χ3v) is 4.29. The molecule has 3 rings (SSSR count). The van der Waals surface area contributed by atoms with Crippen LogP contribution in [0.3, 0.4) is 0 Å². The van der Waals surface area contributed by atoms with E-state index in [1.807, 2.05) is 19.9 Å². The van der Waals surface area contributed by atoms with E-state index >= 15 is 0 Å². The van der Waals surface area contributed by atoms with E-state index in [1.54, 1.807) is 32.4 Å². The van der Waals surface area contributed by atoms with Crippen molar-refractivity contribution < 1.29 is 14.3 Å². The van der Waals surface area contributed by atoms with E-state index in [4.69, 9.17) is 9.47 Å². The van der Waals surface area contributed by atoms with E-state index in [1.165, 1.54) is 5.56 Å². The molecule has 130 valence electrons. The molecule has 0 aliphatic rings. The van der Waals surface area contributed by atoms with Gasteiger partial charge in [-0.25, -0.2) is 0 Å². The van der Waals surface area contributed by atoms with E-state index in [0.29, 0.717) is 17.2 Å². The average Bonchev–Trinajstić information content (AvgIpc) is 2.90. The Balaban J connectivity index is 1.86. The summed E-state index contributed by atoms with van der Waals surface area (Å²) in [6, 6.07) is 11.5. The molecular formula is C20H22N2O3. The summed E-state index contributed by atoms with van der Waals surface area (Å²) >= 11 is 0. The number of benzene rings is 2. The lowest BCUT2D eigenvalue weighted by atomic mass is 10.1. The van der Waals surface area contributed by atoms with Gasteiger partial charge in [-0.05, 0) is 43.7 Å². The van der Waals surface area contributed by atoms with Crippen LogP contribution in [0, 0.1) is 13.8 Å². The standard InChI is InChI=1S/C20H22N2O3/c1-12-5-7-17-16(9-12)15(13(2)21-17)11-20(23)22-18-10-14(24-3)6-8-19(18)25-4/h5-10,21H,11H2,1-4H3,(H,22,23). The maximum atomic E-state index is 12.6. The van der Waals surface area contributed by atoms with Crippen LogP contribution in [-0.4, -0.2) is 25.1 Å². The molecule has 0 atom stereocenters. The molecule has 0 bridgehead atoms. The van der Waals surface area contributed by atoms with E-state index in [9.17, 15) is 4.79 Å². The minimum atomic E-state index is -0.0999. The van der Waals surface area contributed by atoms with E-state index < -0.39 is 0 Å². The summed E-state index contributed by atoms with van der Waals surface area (Å²) in [5, 5.41) is 4.01. The molecule has 1 aromatic heterocycles. The second kappa shape index (κ2) is 6.89. The summed E-state index contributed by atoms with van der Waals surface area (Å²) in [4.78, 5) is 15.9. The third kappa shape index (κ3) is 3.45. The number of carbonyl (C=O) groups excluding carboxylic acids is 1. The Morgan fingerprint density at radius 3 is 2.60 bits per heavy atom. The Morgan fingerprint density at radius 1 is 1.08 bits per heavy atom. The normalized spacial score (nSPS) is 10.7. The lowest BCUT2D eigenvalue weighted by Crippen LogP contribution is -2.15. The van der Waals surface area contributed by atoms with Gasteiger partial charge in [-0.1, -0.05) is 11.6 Å². The van der Waals surface area contributed by atoms with Crippen LogP contribution in [0.4, 0.5) is 5.69 Å². The zero-order valence-electron chi connectivity index (χ0n) is 14.9. The highest BCUT2D eigenvalue weighted by molar-refractivity contribution is 5.97. The second-order valence-electron chi connectivity index (χ2n) is 6.07. The van der Waals surface area contributed by atoms with Crippen molar-refractivity contribution in [3.63, 3.8) is 0 Å². The van der Waals surface area contributed by atoms with Gasteiger partial charge in [0.15, 0.2) is 0 Å². The molecule has 0 spiro atoms. The molecule has 0 saturated heterocycles. The molecule has 2 aromatic carbocycles. The molecule has 1 heterocycles. The van der Waals surface area contributed by atoms with Crippen LogP contribution in [0.1, 0.15) is 16.8 Å². The van der Waals surface area contributed by atoms with Crippen LogP contribution < -0.4 is 14.8 Å². The molecule has 0 aliphatic carbocycles. The monoisotopic (exact) mass is 338 g/mol. The summed E-state index contributed by atoms with van der Waals surface area (Å²) in [6.07, 6.45) is 0.287. The number of aromatic nitrogens is 1. The van der Waals surface area contributed by atoms with Crippen molar-refractivity contribution >= 4 is 22.5 Å². The van der Waals surface area contributed by atoms with Gasteiger partial charge in [-0.2, -0.15) is 0 Å². The van der Waals surface area contributed by atoms with Gasteiger partial charge in [0.2, 0.25) is 5.91 Å². The van der Waals surface area contributed by atoms with Crippen LogP contribution in [-0.2, 0) is 11.2 Å². The van der Waals surface area contributed by atoms with Crippen LogP contribution in [0.25, 0.3) is 10.9 Å². The molecular weight excluding hydrogens is 316 g/mol. The van der Waals surface area contributed by atoms with E-state index in [0.717, 1.165) is 22.2 Å². The zero-order chi connectivity index (χ0) is 18.0. The first-order valence-corrected chi connectivity index (χ1v) is 8.11. The number of H-pyrrole nitrogens is 1. The van der Waals surface area contributed by atoms with Gasteiger partial charge in [-0.15, -0.1) is 0 Å². The van der Waals surface area contributed by atoms with Gasteiger partial charge in [0.05, 0.1) is 26.3 Å². The van der Waals surface area contributed by atoms with Crippen molar-refractivity contribution in [2.45, 2.75) is 20.3 Å². The van der Waals surface area contributed by atoms with Gasteiger partial charge in [0, 0.05) is 22.7 Å². The van der Waals surface area contributed by atoms with Crippen LogP contribution >= 0.6 is 0 Å². The first-order valence-electron chi connectivity index (χ1n) is 8.11. The number of methoxy groups -OCH3 is 2. The number of nitrogens with one attached hydrogen (secondary N) is 2. The van der Waals surface area contributed by atoms with Crippen molar-refractivity contribution in [3.8, 4) is 11.5 Å². The predicted molar refractivity (Wildman–Crippen MR) is 99.7 cm³/mol. The predicted octanol–water partition coefficient (Wildman–Crippen LogP) is 3.98. The molecule has 2 N–H and O–H groups in total. The largest absolute Gasteiger partial charge is 0.497 e. The molecule has 0 fully saturated rings. The highest BCUT2D eigenvalue weighted by Crippen LogP contribution is 2.29. The fourth-order valence-electron chi connectivity index (χ4n) is 2.99. The Kier molecular flexibility index (Phi) is 4.65. The van der Waals surface area contributed by atoms with Gasteiger partial charge in [0.1, 0.15) is 11.5 Å². The number of aryl methyl sites for hydroxylation is 2.